The Morgan fingerprint density at radius 3 is 2.90 bits per heavy atom. The molecule has 2 heterocycles. The number of nitrogens with one attached hydrogen (secondary N) is 1. The van der Waals surface area contributed by atoms with Crippen molar-refractivity contribution >= 4 is 33.8 Å². The van der Waals surface area contributed by atoms with E-state index in [1.54, 1.807) is 11.3 Å². The van der Waals surface area contributed by atoms with Gasteiger partial charge in [-0.2, -0.15) is 5.26 Å². The quantitative estimate of drug-likeness (QED) is 0.722. The summed E-state index contributed by atoms with van der Waals surface area (Å²) in [7, 11) is 0. The highest BCUT2D eigenvalue weighted by Gasteiger charge is 2.02. The van der Waals surface area contributed by atoms with Crippen molar-refractivity contribution in [2.45, 2.75) is 13.1 Å². The lowest BCUT2D eigenvalue weighted by atomic mass is 10.2. The summed E-state index contributed by atoms with van der Waals surface area (Å²) in [5.74, 6) is 0. The average molecular weight is 316 g/mol. The zero-order valence-corrected chi connectivity index (χ0v) is 12.9. The van der Waals surface area contributed by atoms with Crippen molar-refractivity contribution in [2.75, 3.05) is 6.54 Å². The highest BCUT2D eigenvalue weighted by molar-refractivity contribution is 7.16. The van der Waals surface area contributed by atoms with Crippen LogP contribution in [0.4, 0.5) is 0 Å². The molecule has 5 heteroatoms. The minimum atomic E-state index is 0.698. The zero-order valence-electron chi connectivity index (χ0n) is 11.3. The third kappa shape index (κ3) is 3.27. The van der Waals surface area contributed by atoms with Gasteiger partial charge in [-0.1, -0.05) is 17.7 Å². The van der Waals surface area contributed by atoms with E-state index in [1.165, 1.54) is 10.3 Å². The number of hydrogen-bond acceptors (Lipinski definition) is 3. The second kappa shape index (κ2) is 6.31. The van der Waals surface area contributed by atoms with E-state index in [2.05, 4.69) is 28.2 Å². The van der Waals surface area contributed by atoms with Crippen molar-refractivity contribution in [3.05, 3.63) is 57.4 Å². The van der Waals surface area contributed by atoms with Crippen LogP contribution in [0.2, 0.25) is 4.34 Å². The molecule has 1 aromatic carbocycles. The van der Waals surface area contributed by atoms with E-state index in [0.717, 1.165) is 29.5 Å². The summed E-state index contributed by atoms with van der Waals surface area (Å²) in [6.07, 6.45) is 2.06. The first-order valence-corrected chi connectivity index (χ1v) is 7.89. The van der Waals surface area contributed by atoms with Gasteiger partial charge in [0.25, 0.3) is 0 Å². The number of fused-ring (bicyclic) bond motifs is 1. The van der Waals surface area contributed by atoms with E-state index in [1.807, 2.05) is 30.3 Å². The molecule has 0 aliphatic rings. The lowest BCUT2D eigenvalue weighted by Gasteiger charge is -2.07. The first kappa shape index (κ1) is 14.2. The van der Waals surface area contributed by atoms with E-state index in [-0.39, 0.29) is 0 Å². The number of nitriles is 1. The molecule has 0 fully saturated rings. The monoisotopic (exact) mass is 315 g/mol. The van der Waals surface area contributed by atoms with Crippen molar-refractivity contribution in [3.63, 3.8) is 0 Å². The highest BCUT2D eigenvalue weighted by atomic mass is 35.5. The van der Waals surface area contributed by atoms with Crippen LogP contribution in [0.5, 0.6) is 0 Å². The summed E-state index contributed by atoms with van der Waals surface area (Å²) >= 11 is 7.51. The first-order chi connectivity index (χ1) is 10.3. The van der Waals surface area contributed by atoms with Gasteiger partial charge in [-0.25, -0.2) is 0 Å². The van der Waals surface area contributed by atoms with Crippen LogP contribution < -0.4 is 5.32 Å². The van der Waals surface area contributed by atoms with Crippen LogP contribution in [0.3, 0.4) is 0 Å². The van der Waals surface area contributed by atoms with Crippen molar-refractivity contribution in [1.82, 2.24) is 9.88 Å². The van der Waals surface area contributed by atoms with Crippen molar-refractivity contribution in [3.8, 4) is 6.07 Å². The summed E-state index contributed by atoms with van der Waals surface area (Å²) in [6.45, 7) is 2.58. The Bertz CT molecular complexity index is 797. The van der Waals surface area contributed by atoms with E-state index in [9.17, 15) is 0 Å². The minimum Gasteiger partial charge on any atom is -0.346 e. The van der Waals surface area contributed by atoms with E-state index >= 15 is 0 Å². The molecule has 0 saturated heterocycles. The fraction of sp³-hybridized carbons (Fsp3) is 0.188. The summed E-state index contributed by atoms with van der Waals surface area (Å²) in [4.78, 5) is 1.24. The first-order valence-electron chi connectivity index (χ1n) is 6.70. The molecular weight excluding hydrogens is 302 g/mol. The molecule has 0 unspecified atom stereocenters. The van der Waals surface area contributed by atoms with Crippen molar-refractivity contribution in [2.24, 2.45) is 0 Å². The van der Waals surface area contributed by atoms with Gasteiger partial charge in [0, 0.05) is 36.2 Å². The molecular formula is C16H14ClN3S. The van der Waals surface area contributed by atoms with Gasteiger partial charge >= 0.3 is 0 Å². The summed E-state index contributed by atoms with van der Waals surface area (Å²) in [6, 6.07) is 14.0. The van der Waals surface area contributed by atoms with Crippen LogP contribution in [0.1, 0.15) is 10.4 Å². The van der Waals surface area contributed by atoms with Crippen LogP contribution in [0, 0.1) is 11.3 Å². The second-order valence-corrected chi connectivity index (χ2v) is 6.58. The van der Waals surface area contributed by atoms with Gasteiger partial charge in [0.1, 0.15) is 0 Å². The van der Waals surface area contributed by atoms with Crippen LogP contribution >= 0.6 is 22.9 Å². The van der Waals surface area contributed by atoms with Gasteiger partial charge in [-0.05, 0) is 35.7 Å². The molecule has 2 aromatic heterocycles. The predicted octanol–water partition coefficient (Wildman–Crippen LogP) is 4.02. The maximum atomic E-state index is 8.99. The number of rotatable bonds is 5. The molecule has 3 rings (SSSR count). The summed E-state index contributed by atoms with van der Waals surface area (Å²) < 4.78 is 3.00. The zero-order chi connectivity index (χ0) is 14.7. The fourth-order valence-corrected chi connectivity index (χ4v) is 3.36. The minimum absolute atomic E-state index is 0.698. The molecule has 0 saturated carbocycles. The number of thiophene rings is 1. The molecule has 1 N–H and O–H groups in total. The lowest BCUT2D eigenvalue weighted by molar-refractivity contribution is 0.613. The van der Waals surface area contributed by atoms with Crippen LogP contribution in [0.15, 0.2) is 42.6 Å². The Balaban J connectivity index is 1.61. The molecule has 21 heavy (non-hydrogen) atoms. The number of benzene rings is 1. The van der Waals surface area contributed by atoms with E-state index in [4.69, 9.17) is 16.9 Å². The van der Waals surface area contributed by atoms with Gasteiger partial charge in [0.05, 0.1) is 16.0 Å². The van der Waals surface area contributed by atoms with Gasteiger partial charge in [-0.3, -0.25) is 0 Å². The molecule has 0 spiro atoms. The van der Waals surface area contributed by atoms with Crippen LogP contribution in [-0.2, 0) is 13.1 Å². The number of hydrogen-bond donors (Lipinski definition) is 1. The Kier molecular flexibility index (Phi) is 4.26. The normalized spacial score (nSPS) is 10.9. The summed E-state index contributed by atoms with van der Waals surface area (Å²) in [5, 5.41) is 13.6. The molecule has 3 aromatic rings. The third-order valence-electron chi connectivity index (χ3n) is 3.36. The van der Waals surface area contributed by atoms with Gasteiger partial charge in [0.2, 0.25) is 0 Å². The van der Waals surface area contributed by atoms with Crippen LogP contribution in [0.25, 0.3) is 10.9 Å². The standard InChI is InChI=1S/C16H14ClN3S/c17-16-4-3-14(21-16)11-19-6-8-20-7-5-13-2-1-12(10-18)9-15(13)20/h1-5,7,9,19H,6,8,11H2. The predicted molar refractivity (Wildman–Crippen MR) is 87.7 cm³/mol. The van der Waals surface area contributed by atoms with E-state index in [0.29, 0.717) is 5.56 Å². The molecule has 3 nitrogen and oxygen atoms in total. The molecule has 0 aliphatic carbocycles. The molecule has 0 radical (unpaired) electrons. The second-order valence-electron chi connectivity index (χ2n) is 4.78. The Morgan fingerprint density at radius 2 is 2.14 bits per heavy atom. The Hall–Kier alpha value is -1.80. The third-order valence-corrected chi connectivity index (χ3v) is 4.59. The Labute approximate surface area is 132 Å². The molecule has 0 atom stereocenters. The average Bonchev–Trinajstić information content (AvgIpc) is 3.09. The maximum Gasteiger partial charge on any atom is 0.0992 e. The van der Waals surface area contributed by atoms with Crippen molar-refractivity contribution in [1.29, 1.82) is 5.26 Å². The number of aromatic nitrogens is 1. The molecule has 106 valence electrons. The molecule has 0 bridgehead atoms. The van der Waals surface area contributed by atoms with Gasteiger partial charge in [0.15, 0.2) is 0 Å². The largest absolute Gasteiger partial charge is 0.346 e. The number of halogens is 1. The fourth-order valence-electron chi connectivity index (χ4n) is 2.31. The number of nitrogens with zero attached hydrogens (tertiary/aromatic N) is 2. The summed E-state index contributed by atoms with van der Waals surface area (Å²) in [5.41, 5.74) is 1.80. The highest BCUT2D eigenvalue weighted by Crippen LogP contribution is 2.21. The topological polar surface area (TPSA) is 40.8 Å². The van der Waals surface area contributed by atoms with Crippen LogP contribution in [-0.4, -0.2) is 11.1 Å². The molecule has 0 aliphatic heterocycles. The lowest BCUT2D eigenvalue weighted by Crippen LogP contribution is -2.18. The smallest absolute Gasteiger partial charge is 0.0992 e. The maximum absolute atomic E-state index is 8.99. The SMILES string of the molecule is N#Cc1ccc2ccn(CCNCc3ccc(Cl)s3)c2c1. The molecule has 0 amide bonds. The van der Waals surface area contributed by atoms with Gasteiger partial charge < -0.3 is 9.88 Å². The van der Waals surface area contributed by atoms with Gasteiger partial charge in [-0.15, -0.1) is 11.3 Å². The van der Waals surface area contributed by atoms with Crippen molar-refractivity contribution < 1.29 is 0 Å². The van der Waals surface area contributed by atoms with E-state index < -0.39 is 0 Å². The Morgan fingerprint density at radius 1 is 1.24 bits per heavy atom.